The number of nitrogens with zero attached hydrogens (tertiary/aromatic N) is 3. The predicted octanol–water partition coefficient (Wildman–Crippen LogP) is 3.49. The van der Waals surface area contributed by atoms with Crippen LogP contribution in [-0.2, 0) is 22.5 Å². The van der Waals surface area contributed by atoms with Gasteiger partial charge >= 0.3 is 0 Å². The molecule has 0 saturated carbocycles. The minimum Gasteiger partial charge on any atom is -0.394 e. The molecule has 1 aliphatic heterocycles. The van der Waals surface area contributed by atoms with Gasteiger partial charge in [0.15, 0.2) is 0 Å². The lowest BCUT2D eigenvalue weighted by molar-refractivity contribution is -0.132. The molecule has 3 aromatic carbocycles. The van der Waals surface area contributed by atoms with Crippen LogP contribution in [0.4, 0.5) is 0 Å². The summed E-state index contributed by atoms with van der Waals surface area (Å²) in [7, 11) is 1.72. The van der Waals surface area contributed by atoms with Crippen molar-refractivity contribution in [2.24, 2.45) is 5.73 Å². The number of carbonyl (C=O) groups is 2. The van der Waals surface area contributed by atoms with E-state index in [1.165, 1.54) is 0 Å². The van der Waals surface area contributed by atoms with Gasteiger partial charge in [-0.1, -0.05) is 48.5 Å². The molecule has 1 fully saturated rings. The van der Waals surface area contributed by atoms with Crippen LogP contribution in [0.3, 0.4) is 0 Å². The summed E-state index contributed by atoms with van der Waals surface area (Å²) in [4.78, 5) is 32.6. The minimum absolute atomic E-state index is 0.00965. The molecule has 10 nitrogen and oxygen atoms in total. The van der Waals surface area contributed by atoms with Crippen LogP contribution >= 0.6 is 0 Å². The first-order chi connectivity index (χ1) is 22.4. The number of amides is 2. The number of aromatic nitrogens is 2. The van der Waals surface area contributed by atoms with Gasteiger partial charge in [0.25, 0.3) is 5.91 Å². The number of aliphatic hydroxyl groups is 2. The number of carbonyl (C=O) groups excluding carboxylic acids is 2. The molecule has 0 spiro atoms. The van der Waals surface area contributed by atoms with Crippen LogP contribution < -0.4 is 11.1 Å². The van der Waals surface area contributed by atoms with Crippen molar-refractivity contribution in [3.63, 3.8) is 0 Å². The average Bonchev–Trinajstić information content (AvgIpc) is 3.46. The summed E-state index contributed by atoms with van der Waals surface area (Å²) < 4.78 is 7.60. The number of hydrogen-bond acceptors (Lipinski definition) is 7. The SMILES string of the molecule is COCCCn1c([C@@H]2CCCN(C(=O)C[C@H](N)Cc3ccc(-c4ccc(C(=O)NCC(O)CO)cc4)cc3)C2)nc2ccccc21. The van der Waals surface area contributed by atoms with Crippen LogP contribution in [-0.4, -0.2) is 88.6 Å². The van der Waals surface area contributed by atoms with Crippen molar-refractivity contribution < 1.29 is 24.5 Å². The molecule has 2 amide bonds. The highest BCUT2D eigenvalue weighted by Gasteiger charge is 2.29. The van der Waals surface area contributed by atoms with Crippen molar-refractivity contribution in [3.8, 4) is 11.1 Å². The van der Waals surface area contributed by atoms with Crippen LogP contribution in [0.2, 0.25) is 0 Å². The third kappa shape index (κ3) is 8.38. The van der Waals surface area contributed by atoms with Gasteiger partial charge in [0, 0.05) is 63.8 Å². The van der Waals surface area contributed by atoms with E-state index in [0.717, 1.165) is 65.9 Å². The summed E-state index contributed by atoms with van der Waals surface area (Å²) in [6.45, 7) is 2.50. The van der Waals surface area contributed by atoms with Crippen molar-refractivity contribution >= 4 is 22.8 Å². The first-order valence-electron chi connectivity index (χ1n) is 16.1. The van der Waals surface area contributed by atoms with Gasteiger partial charge in [-0.3, -0.25) is 9.59 Å². The second kappa shape index (κ2) is 16.0. The predicted molar refractivity (Wildman–Crippen MR) is 178 cm³/mol. The summed E-state index contributed by atoms with van der Waals surface area (Å²) in [5, 5.41) is 20.9. The normalized spacial score (nSPS) is 16.3. The van der Waals surface area contributed by atoms with E-state index in [4.69, 9.17) is 20.6 Å². The van der Waals surface area contributed by atoms with Crippen LogP contribution in [0, 0.1) is 0 Å². The van der Waals surface area contributed by atoms with Gasteiger partial charge < -0.3 is 35.5 Å². The van der Waals surface area contributed by atoms with E-state index in [9.17, 15) is 14.7 Å². The number of fused-ring (bicyclic) bond motifs is 1. The zero-order valence-electron chi connectivity index (χ0n) is 26.5. The van der Waals surface area contributed by atoms with Crippen molar-refractivity contribution in [1.82, 2.24) is 19.8 Å². The fourth-order valence-corrected chi connectivity index (χ4v) is 6.17. The number of hydrogen-bond donors (Lipinski definition) is 4. The number of methoxy groups -OCH3 is 1. The number of piperidine rings is 1. The Kier molecular flexibility index (Phi) is 11.5. The number of aliphatic hydroxyl groups excluding tert-OH is 2. The zero-order valence-corrected chi connectivity index (χ0v) is 26.5. The third-order valence-corrected chi connectivity index (χ3v) is 8.63. The van der Waals surface area contributed by atoms with E-state index < -0.39 is 12.7 Å². The van der Waals surface area contributed by atoms with E-state index in [1.54, 1.807) is 19.2 Å². The fourth-order valence-electron chi connectivity index (χ4n) is 6.17. The lowest BCUT2D eigenvalue weighted by Crippen LogP contribution is -2.42. The number of para-hydroxylation sites is 2. The molecule has 2 heterocycles. The number of ether oxygens (including phenoxy) is 1. The molecule has 0 bridgehead atoms. The number of imidazole rings is 1. The molecule has 3 atom stereocenters. The Balaban J connectivity index is 1.15. The molecule has 4 aromatic rings. The van der Waals surface area contributed by atoms with E-state index in [-0.39, 0.29) is 36.7 Å². The molecular formula is C36H45N5O5. The number of likely N-dealkylation sites (tertiary alicyclic amines) is 1. The van der Waals surface area contributed by atoms with Gasteiger partial charge in [0.1, 0.15) is 5.82 Å². The first kappa shape index (κ1) is 33.3. The van der Waals surface area contributed by atoms with Gasteiger partial charge in [0.05, 0.1) is 23.7 Å². The molecule has 46 heavy (non-hydrogen) atoms. The zero-order chi connectivity index (χ0) is 32.5. The maximum atomic E-state index is 13.4. The molecule has 1 saturated heterocycles. The highest BCUT2D eigenvalue weighted by Crippen LogP contribution is 2.30. The highest BCUT2D eigenvalue weighted by atomic mass is 16.5. The number of nitrogens with two attached hydrogens (primary N) is 1. The van der Waals surface area contributed by atoms with Gasteiger partial charge in [-0.2, -0.15) is 0 Å². The topological polar surface area (TPSA) is 143 Å². The molecule has 5 N–H and O–H groups in total. The van der Waals surface area contributed by atoms with Crippen molar-refractivity contribution in [2.45, 2.75) is 56.7 Å². The largest absolute Gasteiger partial charge is 0.394 e. The van der Waals surface area contributed by atoms with Crippen LogP contribution in [0.25, 0.3) is 22.2 Å². The smallest absolute Gasteiger partial charge is 0.251 e. The van der Waals surface area contributed by atoms with Gasteiger partial charge in [0.2, 0.25) is 5.91 Å². The van der Waals surface area contributed by atoms with Crippen LogP contribution in [0.15, 0.2) is 72.8 Å². The number of benzene rings is 3. The van der Waals surface area contributed by atoms with E-state index in [1.807, 2.05) is 53.4 Å². The second-order valence-corrected chi connectivity index (χ2v) is 12.1. The summed E-state index contributed by atoms with van der Waals surface area (Å²) in [5.74, 6) is 1.01. The molecule has 0 aliphatic carbocycles. The fraction of sp³-hybridized carbons (Fsp3) is 0.417. The summed E-state index contributed by atoms with van der Waals surface area (Å²) in [6, 6.07) is 23.2. The summed E-state index contributed by atoms with van der Waals surface area (Å²) in [6.07, 6.45) is 2.74. The Bertz CT molecular complexity index is 1590. The molecule has 0 radical (unpaired) electrons. The van der Waals surface area contributed by atoms with Crippen molar-refractivity contribution in [2.75, 3.05) is 40.0 Å². The molecule has 10 heteroatoms. The quantitative estimate of drug-likeness (QED) is 0.157. The van der Waals surface area contributed by atoms with E-state index >= 15 is 0 Å². The summed E-state index contributed by atoms with van der Waals surface area (Å²) in [5.41, 5.74) is 12.1. The Morgan fingerprint density at radius 2 is 1.78 bits per heavy atom. The first-order valence-corrected chi connectivity index (χ1v) is 16.1. The van der Waals surface area contributed by atoms with Crippen LogP contribution in [0.5, 0.6) is 0 Å². The van der Waals surface area contributed by atoms with Gasteiger partial charge in [-0.25, -0.2) is 4.98 Å². The lowest BCUT2D eigenvalue weighted by Gasteiger charge is -2.33. The lowest BCUT2D eigenvalue weighted by atomic mass is 9.95. The summed E-state index contributed by atoms with van der Waals surface area (Å²) >= 11 is 0. The van der Waals surface area contributed by atoms with E-state index in [2.05, 4.69) is 22.0 Å². The van der Waals surface area contributed by atoms with Crippen molar-refractivity contribution in [3.05, 3.63) is 89.7 Å². The molecule has 1 aliphatic rings. The maximum absolute atomic E-state index is 13.4. The standard InChI is InChI=1S/C36H45N5O5/c1-46-19-5-18-41-33-8-3-2-7-32(33)39-35(41)29-6-4-17-40(23-29)34(44)21-30(37)20-25-9-11-26(12-10-25)27-13-15-28(16-14-27)36(45)38-22-31(43)24-42/h2-3,7-16,29-31,42-43H,4-6,17-24,37H2,1H3,(H,38,45)/t29-,30-,31?/m1/s1. The Labute approximate surface area is 270 Å². The van der Waals surface area contributed by atoms with Crippen molar-refractivity contribution in [1.29, 1.82) is 0 Å². The molecule has 1 unspecified atom stereocenters. The van der Waals surface area contributed by atoms with Crippen LogP contribution in [0.1, 0.15) is 53.3 Å². The number of aryl methyl sites for hydroxylation is 1. The molecule has 5 rings (SSSR count). The second-order valence-electron chi connectivity index (χ2n) is 12.1. The number of rotatable bonds is 14. The van der Waals surface area contributed by atoms with E-state index in [0.29, 0.717) is 25.1 Å². The molecular weight excluding hydrogens is 582 g/mol. The minimum atomic E-state index is -0.982. The Morgan fingerprint density at radius 3 is 2.50 bits per heavy atom. The average molecular weight is 628 g/mol. The third-order valence-electron chi connectivity index (χ3n) is 8.63. The van der Waals surface area contributed by atoms with Gasteiger partial charge in [-0.15, -0.1) is 0 Å². The Morgan fingerprint density at radius 1 is 1.07 bits per heavy atom. The molecule has 244 valence electrons. The highest BCUT2D eigenvalue weighted by molar-refractivity contribution is 5.94. The van der Waals surface area contributed by atoms with Gasteiger partial charge in [-0.05, 0) is 66.6 Å². The molecule has 1 aromatic heterocycles. The maximum Gasteiger partial charge on any atom is 0.251 e. The Hall–Kier alpha value is -4.09. The number of nitrogens with one attached hydrogen (secondary N) is 1. The monoisotopic (exact) mass is 627 g/mol.